The topological polar surface area (TPSA) is 211 Å². The highest BCUT2D eigenvalue weighted by Crippen LogP contribution is 2.00. The van der Waals surface area contributed by atoms with Gasteiger partial charge in [0.05, 0.1) is 6.61 Å². The fourth-order valence-corrected chi connectivity index (χ4v) is 7.37. The van der Waals surface area contributed by atoms with E-state index < -0.39 is 5.97 Å². The van der Waals surface area contributed by atoms with Crippen molar-refractivity contribution < 1.29 is 104 Å². The molecule has 0 aromatic heterocycles. The Labute approximate surface area is 521 Å². The number of rotatable bonds is 81. The van der Waals surface area contributed by atoms with Gasteiger partial charge in [-0.25, -0.2) is 4.79 Å². The van der Waals surface area contributed by atoms with Gasteiger partial charge in [0, 0.05) is 277 Å². The molecule has 0 saturated carbocycles. The highest BCUT2D eigenvalue weighted by molar-refractivity contribution is 5.81. The van der Waals surface area contributed by atoms with Gasteiger partial charge in [0.15, 0.2) is 0 Å². The molecule has 0 rings (SSSR count). The molecule has 86 heavy (non-hydrogen) atoms. The third-order valence-corrected chi connectivity index (χ3v) is 11.9. The molecule has 0 aliphatic rings. The first-order chi connectivity index (χ1) is 42.8. The molecule has 0 atom stereocenters. The molecule has 0 aromatic carbocycles. The van der Waals surface area contributed by atoms with E-state index in [4.69, 9.17) is 99.5 Å². The van der Waals surface area contributed by atoms with Crippen molar-refractivity contribution in [3.05, 3.63) is 12.7 Å². The maximum Gasteiger partial charge on any atom is 0.330 e. The summed E-state index contributed by atoms with van der Waals surface area (Å²) in [6.45, 7) is 30.8. The van der Waals surface area contributed by atoms with Crippen molar-refractivity contribution in [2.45, 2.75) is 128 Å². The summed E-state index contributed by atoms with van der Waals surface area (Å²) in [5, 5.41) is 0. The van der Waals surface area contributed by atoms with Gasteiger partial charge in [-0.2, -0.15) is 0 Å². The van der Waals surface area contributed by atoms with Crippen molar-refractivity contribution in [1.82, 2.24) is 0 Å². The summed E-state index contributed by atoms with van der Waals surface area (Å²) >= 11 is 0. The van der Waals surface area contributed by atoms with Crippen molar-refractivity contribution in [1.29, 1.82) is 0 Å². The minimum Gasteiger partial charge on any atom is -0.462 e. The van der Waals surface area contributed by atoms with Crippen molar-refractivity contribution in [3.63, 3.8) is 0 Å². The molecule has 0 bridgehead atoms. The third-order valence-electron chi connectivity index (χ3n) is 11.9. The maximum absolute atomic E-state index is 10.9. The summed E-state index contributed by atoms with van der Waals surface area (Å²) in [4.78, 5) is 10.9. The monoisotopic (exact) mass is 1250 g/mol. The van der Waals surface area contributed by atoms with Gasteiger partial charge in [-0.3, -0.25) is 0 Å². The Bertz CT molecular complexity index is 1230. The molecule has 0 N–H and O–H groups in total. The standard InChI is InChI=1S/C64H126O22/c1-3-64(65)86-63-23-62-85-61-22-60-84-59-21-58-83-57-20-56-82-55-19-54-81-53-18-52-80-51-17-50-79-49-16-48-78-47-15-46-77-45-14-44-76-43-13-42-75-41-12-40-74-39-11-38-73-37-10-36-72-35-9-34-71-33-8-32-70-31-7-30-69-29-6-28-68-27-5-26-67-25-4-24-66-2/h3H,1,4-63H2,2H3. The zero-order valence-electron chi connectivity index (χ0n) is 54.2. The van der Waals surface area contributed by atoms with Crippen LogP contribution in [0.25, 0.3) is 0 Å². The van der Waals surface area contributed by atoms with Crippen molar-refractivity contribution in [2.75, 3.05) is 271 Å². The Morgan fingerprint density at radius 2 is 0.302 bits per heavy atom. The van der Waals surface area contributed by atoms with Gasteiger partial charge < -0.3 is 99.5 Å². The SMILES string of the molecule is C=CC(=O)OCCCOCCCOCCCOCCCOCCCOCCCOCCCOCCCOCCCOCCCOCCCOCCCOCCCOCCCOCCCOCCCOCCCOCCCOCCCOCCCOC. The van der Waals surface area contributed by atoms with Crippen LogP contribution in [0.4, 0.5) is 0 Å². The molecule has 0 radical (unpaired) electrons. The molecule has 0 aliphatic carbocycles. The number of hydrogen-bond donors (Lipinski definition) is 0. The van der Waals surface area contributed by atoms with E-state index in [2.05, 4.69) is 6.58 Å². The van der Waals surface area contributed by atoms with Gasteiger partial charge in [-0.1, -0.05) is 6.58 Å². The molecule has 0 spiro atoms. The van der Waals surface area contributed by atoms with Crippen LogP contribution < -0.4 is 0 Å². The second-order valence-electron chi connectivity index (χ2n) is 20.1. The lowest BCUT2D eigenvalue weighted by atomic mass is 10.4. The predicted molar refractivity (Wildman–Crippen MR) is 331 cm³/mol. The smallest absolute Gasteiger partial charge is 0.330 e. The zero-order valence-corrected chi connectivity index (χ0v) is 54.2. The third kappa shape index (κ3) is 80.4. The molecule has 514 valence electrons. The average molecular weight is 1250 g/mol. The number of esters is 1. The van der Waals surface area contributed by atoms with Gasteiger partial charge in [-0.15, -0.1) is 0 Å². The van der Waals surface area contributed by atoms with Crippen LogP contribution in [0.1, 0.15) is 128 Å². The van der Waals surface area contributed by atoms with Crippen LogP contribution in [0, 0.1) is 0 Å². The Hall–Kier alpha value is -1.59. The lowest BCUT2D eigenvalue weighted by Gasteiger charge is -2.08. The van der Waals surface area contributed by atoms with E-state index in [1.165, 1.54) is 0 Å². The molecule has 0 unspecified atom stereocenters. The van der Waals surface area contributed by atoms with Gasteiger partial charge in [0.2, 0.25) is 0 Å². The maximum atomic E-state index is 10.9. The normalized spacial score (nSPS) is 11.6. The van der Waals surface area contributed by atoms with E-state index in [1.54, 1.807) is 7.11 Å². The van der Waals surface area contributed by atoms with Gasteiger partial charge in [-0.05, 0) is 122 Å². The average Bonchev–Trinajstić information content (AvgIpc) is 3.52. The molecular weight excluding hydrogens is 1120 g/mol. The van der Waals surface area contributed by atoms with Crippen LogP contribution in [-0.4, -0.2) is 277 Å². The molecule has 0 aliphatic heterocycles. The molecule has 0 fully saturated rings. The van der Waals surface area contributed by atoms with Gasteiger partial charge in [0.25, 0.3) is 0 Å². The van der Waals surface area contributed by atoms with E-state index in [1.807, 2.05) is 0 Å². The summed E-state index contributed by atoms with van der Waals surface area (Å²) < 4.78 is 117. The van der Waals surface area contributed by atoms with Crippen LogP contribution in [0.3, 0.4) is 0 Å². The Morgan fingerprint density at radius 1 is 0.198 bits per heavy atom. The predicted octanol–water partition coefficient (Wildman–Crippen LogP) is 8.48. The first kappa shape index (κ1) is 84.4. The summed E-state index contributed by atoms with van der Waals surface area (Å²) in [6, 6.07) is 0. The number of carbonyl (C=O) groups is 1. The largest absolute Gasteiger partial charge is 0.462 e. The summed E-state index contributed by atoms with van der Waals surface area (Å²) in [5.74, 6) is -0.404. The van der Waals surface area contributed by atoms with E-state index in [0.29, 0.717) is 238 Å². The second-order valence-corrected chi connectivity index (χ2v) is 20.1. The van der Waals surface area contributed by atoms with Crippen molar-refractivity contribution >= 4 is 5.97 Å². The lowest BCUT2D eigenvalue weighted by Crippen LogP contribution is -2.09. The summed E-state index contributed by atoms with van der Waals surface area (Å²) in [6.07, 6.45) is 18.7. The first-order valence-corrected chi connectivity index (χ1v) is 33.1. The molecule has 22 nitrogen and oxygen atoms in total. The minimum atomic E-state index is -0.404. The van der Waals surface area contributed by atoms with Gasteiger partial charge in [0.1, 0.15) is 0 Å². The number of methoxy groups -OCH3 is 1. The quantitative estimate of drug-likeness (QED) is 0.0317. The second kappa shape index (κ2) is 81.4. The Kier molecular flexibility index (Phi) is 79.9. The van der Waals surface area contributed by atoms with Crippen LogP contribution >= 0.6 is 0 Å². The number of carbonyl (C=O) groups excluding carboxylic acids is 1. The minimum absolute atomic E-state index is 0.347. The van der Waals surface area contributed by atoms with Crippen LogP contribution in [0.5, 0.6) is 0 Å². The highest BCUT2D eigenvalue weighted by Gasteiger charge is 2.02. The van der Waals surface area contributed by atoms with E-state index >= 15 is 0 Å². The van der Waals surface area contributed by atoms with Crippen LogP contribution in [0.2, 0.25) is 0 Å². The van der Waals surface area contributed by atoms with E-state index in [0.717, 1.165) is 161 Å². The molecular formula is C64H126O22. The highest BCUT2D eigenvalue weighted by atomic mass is 16.5. The summed E-state index contributed by atoms with van der Waals surface area (Å²) in [5.41, 5.74) is 0. The first-order valence-electron chi connectivity index (χ1n) is 33.1. The fourth-order valence-electron chi connectivity index (χ4n) is 7.37. The molecule has 0 saturated heterocycles. The van der Waals surface area contributed by atoms with Crippen molar-refractivity contribution in [2.24, 2.45) is 0 Å². The van der Waals surface area contributed by atoms with Gasteiger partial charge >= 0.3 is 5.97 Å². The lowest BCUT2D eigenvalue weighted by molar-refractivity contribution is -0.138. The van der Waals surface area contributed by atoms with Crippen molar-refractivity contribution in [3.8, 4) is 0 Å². The Morgan fingerprint density at radius 3 is 0.407 bits per heavy atom. The fraction of sp³-hybridized carbons (Fsp3) is 0.953. The Balaban J connectivity index is 3.09. The summed E-state index contributed by atoms with van der Waals surface area (Å²) in [7, 11) is 1.70. The molecule has 0 aromatic rings. The van der Waals surface area contributed by atoms with Crippen LogP contribution in [-0.2, 0) is 104 Å². The number of ether oxygens (including phenoxy) is 21. The molecule has 0 amide bonds. The molecule has 22 heteroatoms. The van der Waals surface area contributed by atoms with E-state index in [9.17, 15) is 4.79 Å². The van der Waals surface area contributed by atoms with E-state index in [-0.39, 0.29) is 0 Å². The van der Waals surface area contributed by atoms with Crippen LogP contribution in [0.15, 0.2) is 12.7 Å². The zero-order chi connectivity index (χ0) is 61.6. The molecule has 0 heterocycles. The number of hydrogen-bond acceptors (Lipinski definition) is 22.